The Kier molecular flexibility index (Phi) is 6.57. The Morgan fingerprint density at radius 3 is 0.767 bits per heavy atom. The number of nitrogens with zero attached hydrogens (tertiary/aromatic N) is 3. The van der Waals surface area contributed by atoms with E-state index in [0.29, 0.717) is 0 Å². The molecule has 0 radical (unpaired) electrons. The Balaban J connectivity index is 0.000000104. The van der Waals surface area contributed by atoms with Gasteiger partial charge in [0.1, 0.15) is 18.1 Å². The van der Waals surface area contributed by atoms with Gasteiger partial charge >= 0.3 is 0 Å². The quantitative estimate of drug-likeness (QED) is 0.130. The van der Waals surface area contributed by atoms with Crippen molar-refractivity contribution in [3.8, 4) is 0 Å². The van der Waals surface area contributed by atoms with Gasteiger partial charge in [-0.3, -0.25) is 0 Å². The summed E-state index contributed by atoms with van der Waals surface area (Å²) in [4.78, 5) is 2.65. The highest BCUT2D eigenvalue weighted by Crippen LogP contribution is 2.63. The van der Waals surface area contributed by atoms with Gasteiger partial charge in [-0.1, -0.05) is 47.8 Å². The highest BCUT2D eigenvalue weighted by Gasteiger charge is 2.80. The molecule has 30 heavy (non-hydrogen) atoms. The minimum atomic E-state index is 0. The average molecular weight is 807 g/mol. The molecule has 9 heterocycles. The lowest BCUT2D eigenvalue weighted by atomic mass is 10.1. The molecule has 3 aliphatic carbocycles. The third kappa shape index (κ3) is 2.97. The zero-order chi connectivity index (χ0) is 18.7. The van der Waals surface area contributed by atoms with E-state index in [0.717, 1.165) is 68.5 Å². The summed E-state index contributed by atoms with van der Waals surface area (Å²) in [7, 11) is 7.24. The predicted molar refractivity (Wildman–Crippen MR) is 118 cm³/mol. The van der Waals surface area contributed by atoms with Crippen LogP contribution in [0.1, 0.15) is 19.3 Å². The fourth-order valence-electron chi connectivity index (χ4n) is 9.56. The molecule has 9 saturated heterocycles. The van der Waals surface area contributed by atoms with Gasteiger partial charge in [0.2, 0.25) is 0 Å². The predicted octanol–water partition coefficient (Wildman–Crippen LogP) is -6.05. The lowest BCUT2D eigenvalue weighted by Crippen LogP contribution is -3.00. The monoisotopic (exact) mass is 801 g/mol. The molecular formula is C21H33Br6N3. The summed E-state index contributed by atoms with van der Waals surface area (Å²) < 4.78 is 4.25. The Hall–Kier alpha value is 2.76. The fraction of sp³-hybridized carbons (Fsp3) is 1.00. The molecule has 3 saturated carbocycles. The smallest absolute Gasteiger partial charge is 0.155 e. The Bertz CT molecular complexity index is 642. The van der Waals surface area contributed by atoms with Crippen molar-refractivity contribution in [1.82, 2.24) is 0 Å². The van der Waals surface area contributed by atoms with E-state index in [2.05, 4.69) is 68.9 Å². The fourth-order valence-corrected chi connectivity index (χ4v) is 13.4. The molecule has 12 fully saturated rings. The van der Waals surface area contributed by atoms with Crippen LogP contribution >= 0.6 is 47.8 Å². The molecule has 174 valence electrons. The average Bonchev–Trinajstić information content (AvgIpc) is 3.15. The molecular weight excluding hydrogens is 774 g/mol. The second-order valence-corrected chi connectivity index (χ2v) is 15.3. The number of likely N-dealkylation sites (N-methyl/N-ethyl adjacent to an activating group) is 3. The number of piperidine rings is 9. The first-order valence-electron chi connectivity index (χ1n) is 11.2. The topological polar surface area (TPSA) is 0 Å². The normalized spacial score (nSPS) is 67.8. The SMILES string of the molecule is C[N+]12CC3CC1C2C3Br.C[N+]12CC3CC1C2C3Br.C[N+]12CC3CC1C2C3Br.[Br-].[Br-].[Br-]. The van der Waals surface area contributed by atoms with Crippen molar-refractivity contribution < 1.29 is 64.4 Å². The summed E-state index contributed by atoms with van der Waals surface area (Å²) in [5.41, 5.74) is 0. The van der Waals surface area contributed by atoms with E-state index in [9.17, 15) is 0 Å². The van der Waals surface area contributed by atoms with Gasteiger partial charge in [-0.05, 0) is 0 Å². The van der Waals surface area contributed by atoms with Crippen molar-refractivity contribution in [2.75, 3.05) is 40.8 Å². The third-order valence-electron chi connectivity index (χ3n) is 11.1. The number of alkyl halides is 3. The molecule has 0 spiro atoms. The van der Waals surface area contributed by atoms with Crippen molar-refractivity contribution >= 4 is 47.8 Å². The third-order valence-corrected chi connectivity index (χ3v) is 14.9. The van der Waals surface area contributed by atoms with Crippen LogP contribution in [0.25, 0.3) is 0 Å². The van der Waals surface area contributed by atoms with E-state index in [1.165, 1.54) is 52.3 Å². The summed E-state index contributed by atoms with van der Waals surface area (Å²) in [6.07, 6.45) is 4.53. The van der Waals surface area contributed by atoms with E-state index >= 15 is 0 Å². The molecule has 12 rings (SSSR count). The molecule has 0 aromatic rings. The van der Waals surface area contributed by atoms with Gasteiger partial charge in [-0.25, -0.2) is 0 Å². The number of hydrogen-bond acceptors (Lipinski definition) is 0. The number of hydrogen-bond donors (Lipinski definition) is 0. The van der Waals surface area contributed by atoms with Crippen molar-refractivity contribution in [1.29, 1.82) is 0 Å². The highest BCUT2D eigenvalue weighted by atomic mass is 79.9. The summed E-state index contributed by atoms with van der Waals surface area (Å²) in [5, 5.41) is 0. The maximum atomic E-state index is 3.77. The number of halogens is 6. The summed E-state index contributed by atoms with van der Waals surface area (Å²) >= 11 is 11.3. The van der Waals surface area contributed by atoms with E-state index in [-0.39, 0.29) is 50.9 Å². The van der Waals surface area contributed by atoms with Crippen LogP contribution in [0.2, 0.25) is 0 Å². The van der Waals surface area contributed by atoms with Gasteiger partial charge in [0, 0.05) is 37.0 Å². The van der Waals surface area contributed by atoms with Crippen LogP contribution in [0.15, 0.2) is 0 Å². The Morgan fingerprint density at radius 2 is 0.733 bits per heavy atom. The summed E-state index contributed by atoms with van der Waals surface area (Å²) in [5.74, 6) is 3.10. The minimum absolute atomic E-state index is 0. The van der Waals surface area contributed by atoms with Crippen LogP contribution in [0.5, 0.6) is 0 Å². The molecule has 12 bridgehead atoms. The van der Waals surface area contributed by atoms with Crippen molar-refractivity contribution in [2.45, 2.75) is 70.0 Å². The first-order chi connectivity index (χ1) is 12.7. The Labute approximate surface area is 238 Å². The standard InChI is InChI=1S/3C7H11BrN.3BrH/c3*1-9-3-4-2-5(9)7(9)6(4)8;;;/h3*4-7H,2-3H2,1H3;3*1H/q3*+1;;;/p-3. The number of quaternary nitrogens is 3. The van der Waals surface area contributed by atoms with Gasteiger partial charge < -0.3 is 64.4 Å². The van der Waals surface area contributed by atoms with E-state index in [1.54, 1.807) is 0 Å². The van der Waals surface area contributed by atoms with Crippen LogP contribution in [-0.2, 0) is 0 Å². The van der Waals surface area contributed by atoms with E-state index in [1.807, 2.05) is 0 Å². The van der Waals surface area contributed by atoms with Crippen LogP contribution in [0, 0.1) is 17.8 Å². The number of rotatable bonds is 0. The first kappa shape index (κ1) is 25.8. The summed E-state index contributed by atoms with van der Waals surface area (Å²) in [6.45, 7) is 4.39. The maximum Gasteiger partial charge on any atom is 0.155 e. The molecule has 9 heteroatoms. The first-order valence-corrected chi connectivity index (χ1v) is 13.9. The largest absolute Gasteiger partial charge is 1.00 e. The maximum absolute atomic E-state index is 3.77. The van der Waals surface area contributed by atoms with Gasteiger partial charge in [0.05, 0.1) is 55.3 Å². The van der Waals surface area contributed by atoms with Gasteiger partial charge in [-0.15, -0.1) is 0 Å². The second-order valence-electron chi connectivity index (χ2n) is 12.1. The van der Waals surface area contributed by atoms with Crippen LogP contribution in [-0.4, -0.2) is 105 Å². The van der Waals surface area contributed by atoms with Crippen LogP contribution in [0.3, 0.4) is 0 Å². The lowest BCUT2D eigenvalue weighted by molar-refractivity contribution is -0.787. The molecule has 9 aliphatic heterocycles. The summed E-state index contributed by atoms with van der Waals surface area (Å²) in [6, 6.07) is 6.28. The van der Waals surface area contributed by atoms with Crippen LogP contribution < -0.4 is 50.9 Å². The Morgan fingerprint density at radius 1 is 0.500 bits per heavy atom. The van der Waals surface area contributed by atoms with Gasteiger partial charge in [0.15, 0.2) is 18.1 Å². The lowest BCUT2D eigenvalue weighted by Gasteiger charge is -2.03. The zero-order valence-corrected chi connectivity index (χ0v) is 27.3. The molecule has 0 amide bonds. The minimum Gasteiger partial charge on any atom is -1.00 e. The van der Waals surface area contributed by atoms with Crippen molar-refractivity contribution in [2.24, 2.45) is 17.8 Å². The molecule has 3 nitrogen and oxygen atoms in total. The molecule has 0 aromatic carbocycles. The molecule has 15 atom stereocenters. The van der Waals surface area contributed by atoms with Crippen molar-refractivity contribution in [3.63, 3.8) is 0 Å². The highest BCUT2D eigenvalue weighted by molar-refractivity contribution is 9.10. The molecule has 0 N–H and O–H groups in total. The van der Waals surface area contributed by atoms with E-state index < -0.39 is 0 Å². The molecule has 0 aromatic heterocycles. The molecule has 12 aliphatic rings. The zero-order valence-electron chi connectivity index (χ0n) is 17.8. The van der Waals surface area contributed by atoms with Crippen molar-refractivity contribution in [3.05, 3.63) is 0 Å². The van der Waals surface area contributed by atoms with Gasteiger partial charge in [-0.2, -0.15) is 0 Å². The second kappa shape index (κ2) is 7.63. The van der Waals surface area contributed by atoms with Gasteiger partial charge in [0.25, 0.3) is 0 Å². The van der Waals surface area contributed by atoms with E-state index in [4.69, 9.17) is 0 Å². The van der Waals surface area contributed by atoms with Crippen LogP contribution in [0.4, 0.5) is 0 Å². The molecule has 15 unspecified atom stereocenters.